The highest BCUT2D eigenvalue weighted by Crippen LogP contribution is 2.19. The first-order valence-corrected chi connectivity index (χ1v) is 9.81. The standard InChI is InChI=1S/C18H23N3O2S2/c1-14(2)19-18(24)20-16-9-11-17(12-10-16)25(22,23)21(3)13-15-7-5-4-6-8-15/h4-12,14H,13H2,1-3H3,(H2,19,20,24). The molecule has 0 bridgehead atoms. The molecule has 7 heteroatoms. The summed E-state index contributed by atoms with van der Waals surface area (Å²) in [7, 11) is -1.96. The Morgan fingerprint density at radius 1 is 1.08 bits per heavy atom. The van der Waals surface area contributed by atoms with Crippen LogP contribution in [0, 0.1) is 0 Å². The molecule has 0 spiro atoms. The highest BCUT2D eigenvalue weighted by atomic mass is 32.2. The van der Waals surface area contributed by atoms with Crippen molar-refractivity contribution in [1.82, 2.24) is 9.62 Å². The monoisotopic (exact) mass is 377 g/mol. The molecule has 0 heterocycles. The molecule has 0 amide bonds. The average molecular weight is 378 g/mol. The summed E-state index contributed by atoms with van der Waals surface area (Å²) < 4.78 is 26.7. The molecule has 0 unspecified atom stereocenters. The largest absolute Gasteiger partial charge is 0.360 e. The second kappa shape index (κ2) is 8.42. The van der Waals surface area contributed by atoms with Gasteiger partial charge in [-0.2, -0.15) is 4.31 Å². The second-order valence-corrected chi connectivity index (χ2v) is 8.48. The van der Waals surface area contributed by atoms with Gasteiger partial charge in [-0.05, 0) is 55.9 Å². The van der Waals surface area contributed by atoms with E-state index in [1.54, 1.807) is 31.3 Å². The summed E-state index contributed by atoms with van der Waals surface area (Å²) in [5.41, 5.74) is 1.68. The fourth-order valence-corrected chi connectivity index (χ4v) is 3.76. The highest BCUT2D eigenvalue weighted by Gasteiger charge is 2.20. The fraction of sp³-hybridized carbons (Fsp3) is 0.278. The van der Waals surface area contributed by atoms with Gasteiger partial charge in [-0.3, -0.25) is 0 Å². The van der Waals surface area contributed by atoms with E-state index in [4.69, 9.17) is 12.2 Å². The molecule has 0 aliphatic rings. The molecule has 0 saturated heterocycles. The first-order chi connectivity index (χ1) is 11.8. The molecule has 0 aliphatic heterocycles. The predicted molar refractivity (Wildman–Crippen MR) is 106 cm³/mol. The van der Waals surface area contributed by atoms with Crippen molar-refractivity contribution in [2.45, 2.75) is 31.3 Å². The van der Waals surface area contributed by atoms with Crippen LogP contribution in [0.1, 0.15) is 19.4 Å². The topological polar surface area (TPSA) is 61.4 Å². The van der Waals surface area contributed by atoms with Gasteiger partial charge in [0.25, 0.3) is 0 Å². The Morgan fingerprint density at radius 3 is 2.24 bits per heavy atom. The van der Waals surface area contributed by atoms with E-state index in [0.717, 1.165) is 11.3 Å². The second-order valence-electron chi connectivity index (χ2n) is 6.02. The van der Waals surface area contributed by atoms with Gasteiger partial charge in [0, 0.05) is 25.3 Å². The summed E-state index contributed by atoms with van der Waals surface area (Å²) in [5, 5.41) is 6.61. The lowest BCUT2D eigenvalue weighted by molar-refractivity contribution is 0.467. The molecule has 5 nitrogen and oxygen atoms in total. The molecule has 25 heavy (non-hydrogen) atoms. The lowest BCUT2D eigenvalue weighted by atomic mass is 10.2. The zero-order valence-corrected chi connectivity index (χ0v) is 16.2. The number of hydrogen-bond acceptors (Lipinski definition) is 3. The number of rotatable bonds is 6. The molecule has 2 aromatic carbocycles. The Labute approximate surface area is 155 Å². The van der Waals surface area contributed by atoms with Crippen LogP contribution in [0.4, 0.5) is 5.69 Å². The first kappa shape index (κ1) is 19.4. The van der Waals surface area contributed by atoms with E-state index < -0.39 is 10.0 Å². The highest BCUT2D eigenvalue weighted by molar-refractivity contribution is 7.89. The Kier molecular flexibility index (Phi) is 6.52. The molecule has 134 valence electrons. The van der Waals surface area contributed by atoms with Gasteiger partial charge in [-0.1, -0.05) is 30.3 Å². The molecule has 2 rings (SSSR count). The minimum Gasteiger partial charge on any atom is -0.360 e. The molecule has 0 fully saturated rings. The van der Waals surface area contributed by atoms with E-state index in [0.29, 0.717) is 11.7 Å². The molecule has 2 N–H and O–H groups in total. The number of nitrogens with one attached hydrogen (secondary N) is 2. The third kappa shape index (κ3) is 5.52. The van der Waals surface area contributed by atoms with E-state index in [2.05, 4.69) is 10.6 Å². The summed E-state index contributed by atoms with van der Waals surface area (Å²) >= 11 is 5.18. The van der Waals surface area contributed by atoms with Gasteiger partial charge in [0.05, 0.1) is 4.90 Å². The molecule has 0 radical (unpaired) electrons. The Hall–Kier alpha value is -1.96. The van der Waals surface area contributed by atoms with Crippen molar-refractivity contribution in [2.75, 3.05) is 12.4 Å². The summed E-state index contributed by atoms with van der Waals surface area (Å²) in [4.78, 5) is 0.249. The minimum atomic E-state index is -3.54. The van der Waals surface area contributed by atoms with Crippen molar-refractivity contribution < 1.29 is 8.42 Å². The number of benzene rings is 2. The molecule has 0 saturated carbocycles. The van der Waals surface area contributed by atoms with Crippen LogP contribution in [0.5, 0.6) is 0 Å². The van der Waals surface area contributed by atoms with E-state index >= 15 is 0 Å². The molecular formula is C18H23N3O2S2. The number of anilines is 1. The number of nitrogens with zero attached hydrogens (tertiary/aromatic N) is 1. The Bertz CT molecular complexity index is 804. The SMILES string of the molecule is CC(C)NC(=S)Nc1ccc(S(=O)(=O)N(C)Cc2ccccc2)cc1. The van der Waals surface area contributed by atoms with E-state index in [-0.39, 0.29) is 10.9 Å². The minimum absolute atomic E-state index is 0.228. The van der Waals surface area contributed by atoms with Crippen molar-refractivity contribution in [1.29, 1.82) is 0 Å². The van der Waals surface area contributed by atoms with Crippen LogP contribution < -0.4 is 10.6 Å². The van der Waals surface area contributed by atoms with Gasteiger partial charge in [0.15, 0.2) is 5.11 Å². The summed E-state index contributed by atoms with van der Waals surface area (Å²) in [6.07, 6.45) is 0. The molecular weight excluding hydrogens is 354 g/mol. The summed E-state index contributed by atoms with van der Waals surface area (Å²) in [6.45, 7) is 4.31. The average Bonchev–Trinajstić information content (AvgIpc) is 2.55. The quantitative estimate of drug-likeness (QED) is 0.757. The smallest absolute Gasteiger partial charge is 0.243 e. The van der Waals surface area contributed by atoms with Crippen molar-refractivity contribution in [3.63, 3.8) is 0 Å². The Morgan fingerprint density at radius 2 is 1.68 bits per heavy atom. The van der Waals surface area contributed by atoms with Gasteiger partial charge < -0.3 is 10.6 Å². The molecule has 0 aromatic heterocycles. The van der Waals surface area contributed by atoms with Crippen LogP contribution in [0.3, 0.4) is 0 Å². The first-order valence-electron chi connectivity index (χ1n) is 7.97. The van der Waals surface area contributed by atoms with E-state index in [1.165, 1.54) is 4.31 Å². The van der Waals surface area contributed by atoms with Crippen LogP contribution in [0.2, 0.25) is 0 Å². The van der Waals surface area contributed by atoms with Crippen molar-refractivity contribution in [2.24, 2.45) is 0 Å². The number of hydrogen-bond donors (Lipinski definition) is 2. The Balaban J connectivity index is 2.08. The maximum atomic E-state index is 12.7. The van der Waals surface area contributed by atoms with Crippen molar-refractivity contribution >= 4 is 33.0 Å². The van der Waals surface area contributed by atoms with E-state index in [1.807, 2.05) is 44.2 Å². The lowest BCUT2D eigenvalue weighted by Crippen LogP contribution is -2.33. The number of sulfonamides is 1. The van der Waals surface area contributed by atoms with Crippen LogP contribution in [0.25, 0.3) is 0 Å². The summed E-state index contributed by atoms with van der Waals surface area (Å²) in [5.74, 6) is 0. The van der Waals surface area contributed by atoms with Gasteiger partial charge >= 0.3 is 0 Å². The van der Waals surface area contributed by atoms with Crippen LogP contribution >= 0.6 is 12.2 Å². The predicted octanol–water partition coefficient (Wildman–Crippen LogP) is 3.20. The van der Waals surface area contributed by atoms with Gasteiger partial charge in [-0.15, -0.1) is 0 Å². The third-order valence-electron chi connectivity index (χ3n) is 3.49. The fourth-order valence-electron chi connectivity index (χ4n) is 2.25. The van der Waals surface area contributed by atoms with Crippen molar-refractivity contribution in [3.05, 3.63) is 60.2 Å². The van der Waals surface area contributed by atoms with Crippen LogP contribution in [0.15, 0.2) is 59.5 Å². The summed E-state index contributed by atoms with van der Waals surface area (Å²) in [6, 6.07) is 16.3. The number of thiocarbonyl (C=S) groups is 1. The zero-order valence-electron chi connectivity index (χ0n) is 14.6. The maximum Gasteiger partial charge on any atom is 0.243 e. The van der Waals surface area contributed by atoms with Crippen LogP contribution in [-0.4, -0.2) is 30.9 Å². The zero-order chi connectivity index (χ0) is 18.4. The third-order valence-corrected chi connectivity index (χ3v) is 5.53. The van der Waals surface area contributed by atoms with Crippen LogP contribution in [-0.2, 0) is 16.6 Å². The molecule has 0 aliphatic carbocycles. The van der Waals surface area contributed by atoms with Gasteiger partial charge in [-0.25, -0.2) is 8.42 Å². The lowest BCUT2D eigenvalue weighted by Gasteiger charge is -2.18. The maximum absolute atomic E-state index is 12.7. The van der Waals surface area contributed by atoms with Gasteiger partial charge in [0.1, 0.15) is 0 Å². The van der Waals surface area contributed by atoms with Gasteiger partial charge in [0.2, 0.25) is 10.0 Å². The van der Waals surface area contributed by atoms with Crippen molar-refractivity contribution in [3.8, 4) is 0 Å². The van der Waals surface area contributed by atoms with E-state index in [9.17, 15) is 8.42 Å². The molecule has 2 aromatic rings. The molecule has 0 atom stereocenters. The normalized spacial score (nSPS) is 11.6.